The molecule has 0 spiro atoms. The van der Waals surface area contributed by atoms with Crippen LogP contribution in [0.3, 0.4) is 0 Å². The van der Waals surface area contributed by atoms with Crippen LogP contribution in [0.4, 0.5) is 0 Å². The molecule has 7 nitrogen and oxygen atoms in total. The van der Waals surface area contributed by atoms with E-state index in [2.05, 4.69) is 208 Å². The fraction of sp³-hybridized carbons (Fsp3) is 0.232. The Morgan fingerprint density at radius 1 is 0.500 bits per heavy atom. The lowest BCUT2D eigenvalue weighted by Gasteiger charge is -2.23. The largest absolute Gasteiger partial charge is 0.285 e. The van der Waals surface area contributed by atoms with Gasteiger partial charge in [-0.3, -0.25) is 18.3 Å². The summed E-state index contributed by atoms with van der Waals surface area (Å²) in [6.45, 7) is 20.3. The van der Waals surface area contributed by atoms with Gasteiger partial charge in [0, 0.05) is 56.1 Å². The van der Waals surface area contributed by atoms with E-state index in [1.54, 1.807) is 11.8 Å². The molecule has 8 heteroatoms. The lowest BCUT2D eigenvalue weighted by atomic mass is 9.90. The number of aromatic nitrogens is 6. The number of imidazole rings is 2. The molecular weight excluding hydrogens is 803 g/mol. The van der Waals surface area contributed by atoms with E-state index in [1.807, 2.05) is 12.4 Å². The minimum Gasteiger partial charge on any atom is -0.285 e. The second-order valence-corrected chi connectivity index (χ2v) is 19.5. The van der Waals surface area contributed by atoms with Gasteiger partial charge in [0.1, 0.15) is 6.07 Å². The molecule has 318 valence electrons. The van der Waals surface area contributed by atoms with Crippen LogP contribution in [0.25, 0.3) is 66.9 Å². The third-order valence-corrected chi connectivity index (χ3v) is 13.8. The Bertz CT molecular complexity index is 3420. The Morgan fingerprint density at radius 2 is 0.984 bits per heavy atom. The first kappa shape index (κ1) is 41.2. The summed E-state index contributed by atoms with van der Waals surface area (Å²) in [5.74, 6) is 2.94. The molecule has 0 N–H and O–H groups in total. The van der Waals surface area contributed by atoms with Crippen LogP contribution in [0.1, 0.15) is 112 Å². The standard InChI is InChI=1S/C56H53N7S/c1-33(2)40-17-14-18-41(34(3)4)53(40)60-25-23-58-55(60)63-49-20-13-11-16-43(49)47-29-38(32-57)52(31-51(47)63)64-39-21-22-44-42-15-10-12-19-48(42)62(50(44)30-39)56-59-24-26-61(56)54-45(35(5)6)27-37(9)28-46(54)36(7)8/h10-31,33-36H,1-9H3. The summed E-state index contributed by atoms with van der Waals surface area (Å²) >= 11 is 1.62. The van der Waals surface area contributed by atoms with Crippen LogP contribution in [0.15, 0.2) is 144 Å². The molecule has 0 bridgehead atoms. The first-order valence-corrected chi connectivity index (χ1v) is 23.3. The van der Waals surface area contributed by atoms with Gasteiger partial charge >= 0.3 is 0 Å². The summed E-state index contributed by atoms with van der Waals surface area (Å²) in [5.41, 5.74) is 13.7. The Labute approximate surface area is 379 Å². The molecule has 0 saturated heterocycles. The lowest BCUT2D eigenvalue weighted by Crippen LogP contribution is -2.11. The van der Waals surface area contributed by atoms with Crippen molar-refractivity contribution in [3.05, 3.63) is 167 Å². The normalized spacial score (nSPS) is 12.1. The number of para-hydroxylation sites is 3. The number of rotatable bonds is 10. The van der Waals surface area contributed by atoms with Gasteiger partial charge in [-0.15, -0.1) is 0 Å². The van der Waals surface area contributed by atoms with E-state index >= 15 is 0 Å². The van der Waals surface area contributed by atoms with Crippen molar-refractivity contribution in [1.82, 2.24) is 28.2 Å². The predicted octanol–water partition coefficient (Wildman–Crippen LogP) is 15.1. The second-order valence-electron chi connectivity index (χ2n) is 18.4. The minimum atomic E-state index is 0.317. The van der Waals surface area contributed by atoms with Gasteiger partial charge in [0.2, 0.25) is 11.9 Å². The molecule has 0 aliphatic heterocycles. The zero-order chi connectivity index (χ0) is 44.6. The molecule has 0 aliphatic rings. The van der Waals surface area contributed by atoms with Crippen molar-refractivity contribution in [3.63, 3.8) is 0 Å². The van der Waals surface area contributed by atoms with Gasteiger partial charge in [-0.25, -0.2) is 9.97 Å². The highest BCUT2D eigenvalue weighted by molar-refractivity contribution is 7.99. The van der Waals surface area contributed by atoms with Gasteiger partial charge in [-0.05, 0) is 89.2 Å². The number of nitrogens with zero attached hydrogens (tertiary/aromatic N) is 7. The lowest BCUT2D eigenvalue weighted by molar-refractivity contribution is 0.793. The molecule has 64 heavy (non-hydrogen) atoms. The van der Waals surface area contributed by atoms with Crippen LogP contribution in [-0.2, 0) is 0 Å². The number of fused-ring (bicyclic) bond motifs is 6. The van der Waals surface area contributed by atoms with Crippen molar-refractivity contribution < 1.29 is 0 Å². The van der Waals surface area contributed by atoms with Gasteiger partial charge < -0.3 is 0 Å². The number of benzene rings is 6. The van der Waals surface area contributed by atoms with Crippen LogP contribution >= 0.6 is 11.8 Å². The topological polar surface area (TPSA) is 69.3 Å². The molecule has 0 radical (unpaired) electrons. The molecule has 0 amide bonds. The molecule has 10 rings (SSSR count). The van der Waals surface area contributed by atoms with Crippen molar-refractivity contribution in [1.29, 1.82) is 5.26 Å². The molecule has 0 aliphatic carbocycles. The van der Waals surface area contributed by atoms with E-state index < -0.39 is 0 Å². The maximum atomic E-state index is 10.8. The highest BCUT2D eigenvalue weighted by Gasteiger charge is 2.25. The number of hydrogen-bond acceptors (Lipinski definition) is 4. The zero-order valence-electron chi connectivity index (χ0n) is 38.0. The van der Waals surface area contributed by atoms with E-state index in [4.69, 9.17) is 9.97 Å². The SMILES string of the molecule is Cc1cc(C(C)C)c(-n2ccnc2-n2c3ccccc3c3ccc(Sc4cc5c(cc4C#N)c4ccccc4n5-c4nccn4-c4c(C(C)C)cccc4C(C)C)cc32)c(C(C)C)c1. The Balaban J connectivity index is 1.16. The van der Waals surface area contributed by atoms with E-state index in [-0.39, 0.29) is 0 Å². The molecule has 10 aromatic rings. The first-order chi connectivity index (χ1) is 30.9. The average Bonchev–Trinajstić information content (AvgIpc) is 4.09. The summed E-state index contributed by atoms with van der Waals surface area (Å²) < 4.78 is 9.15. The Morgan fingerprint density at radius 3 is 1.52 bits per heavy atom. The summed E-state index contributed by atoms with van der Waals surface area (Å²) in [6.07, 6.45) is 8.03. The minimum absolute atomic E-state index is 0.317. The summed E-state index contributed by atoms with van der Waals surface area (Å²) in [5, 5.41) is 15.2. The molecule has 4 aromatic heterocycles. The van der Waals surface area contributed by atoms with E-state index in [9.17, 15) is 5.26 Å². The third-order valence-electron chi connectivity index (χ3n) is 12.8. The van der Waals surface area contributed by atoms with E-state index in [0.717, 1.165) is 59.9 Å². The molecular formula is C56H53N7S. The fourth-order valence-electron chi connectivity index (χ4n) is 9.79. The monoisotopic (exact) mass is 855 g/mol. The van der Waals surface area contributed by atoms with Crippen LogP contribution in [0, 0.1) is 18.3 Å². The Kier molecular flexibility index (Phi) is 10.3. The zero-order valence-corrected chi connectivity index (χ0v) is 38.9. The molecule has 0 unspecified atom stereocenters. The van der Waals surface area contributed by atoms with Gasteiger partial charge in [-0.2, -0.15) is 5.26 Å². The molecule has 0 saturated carbocycles. The maximum Gasteiger partial charge on any atom is 0.219 e. The average molecular weight is 856 g/mol. The van der Waals surface area contributed by atoms with E-state index in [0.29, 0.717) is 29.2 Å². The fourth-order valence-corrected chi connectivity index (χ4v) is 10.7. The second kappa shape index (κ2) is 16.1. The highest BCUT2D eigenvalue weighted by Crippen LogP contribution is 2.43. The maximum absolute atomic E-state index is 10.8. The third kappa shape index (κ3) is 6.64. The van der Waals surface area contributed by atoms with Crippen molar-refractivity contribution in [2.24, 2.45) is 0 Å². The van der Waals surface area contributed by atoms with Gasteiger partial charge in [0.05, 0.1) is 39.0 Å². The smallest absolute Gasteiger partial charge is 0.219 e. The van der Waals surface area contributed by atoms with Crippen LogP contribution in [0.2, 0.25) is 0 Å². The van der Waals surface area contributed by atoms with Crippen molar-refractivity contribution in [2.75, 3.05) is 0 Å². The summed E-state index contributed by atoms with van der Waals surface area (Å²) in [7, 11) is 0. The molecule has 0 fully saturated rings. The van der Waals surface area contributed by atoms with Crippen molar-refractivity contribution >= 4 is 55.4 Å². The number of hydrogen-bond donors (Lipinski definition) is 0. The van der Waals surface area contributed by atoms with Gasteiger partial charge in [0.25, 0.3) is 0 Å². The van der Waals surface area contributed by atoms with Gasteiger partial charge in [0.15, 0.2) is 0 Å². The number of aryl methyl sites for hydroxylation is 1. The van der Waals surface area contributed by atoms with Crippen LogP contribution in [0.5, 0.6) is 0 Å². The predicted molar refractivity (Wildman–Crippen MR) is 266 cm³/mol. The quantitative estimate of drug-likeness (QED) is 0.137. The molecule has 0 atom stereocenters. The van der Waals surface area contributed by atoms with Crippen molar-refractivity contribution in [2.45, 2.75) is 95.8 Å². The summed E-state index contributed by atoms with van der Waals surface area (Å²) in [6, 6.07) is 41.9. The van der Waals surface area contributed by atoms with E-state index in [1.165, 1.54) is 44.6 Å². The Hall–Kier alpha value is -6.82. The molecule has 6 aromatic carbocycles. The first-order valence-electron chi connectivity index (χ1n) is 22.5. The van der Waals surface area contributed by atoms with Crippen LogP contribution in [-0.4, -0.2) is 28.2 Å². The van der Waals surface area contributed by atoms with Crippen LogP contribution < -0.4 is 0 Å². The summed E-state index contributed by atoms with van der Waals surface area (Å²) in [4.78, 5) is 12.1. The van der Waals surface area contributed by atoms with Gasteiger partial charge in [-0.1, -0.05) is 146 Å². The highest BCUT2D eigenvalue weighted by atomic mass is 32.2. The van der Waals surface area contributed by atoms with Crippen molar-refractivity contribution in [3.8, 4) is 29.3 Å². The number of nitriles is 1. The molecule has 4 heterocycles.